The predicted octanol–water partition coefficient (Wildman–Crippen LogP) is 5.02. The van der Waals surface area contributed by atoms with Gasteiger partial charge < -0.3 is 9.47 Å². The second kappa shape index (κ2) is 9.83. The molecule has 0 amide bonds. The van der Waals surface area contributed by atoms with Crippen LogP contribution in [0.5, 0.6) is 11.5 Å². The maximum atomic E-state index is 9.12. The fourth-order valence-electron chi connectivity index (χ4n) is 3.02. The van der Waals surface area contributed by atoms with Crippen molar-refractivity contribution in [1.29, 1.82) is 5.26 Å². The van der Waals surface area contributed by atoms with E-state index in [1.54, 1.807) is 24.9 Å². The van der Waals surface area contributed by atoms with Gasteiger partial charge in [-0.3, -0.25) is 4.57 Å². The van der Waals surface area contributed by atoms with Gasteiger partial charge in [0.05, 0.1) is 18.7 Å². The van der Waals surface area contributed by atoms with Crippen LogP contribution in [0.3, 0.4) is 0 Å². The number of hydrogen-bond donors (Lipinski definition) is 0. The smallest absolute Gasteiger partial charge is 0.196 e. The van der Waals surface area contributed by atoms with E-state index in [1.807, 2.05) is 77.4 Å². The Morgan fingerprint density at radius 1 is 0.935 bits per heavy atom. The van der Waals surface area contributed by atoms with Gasteiger partial charge in [0, 0.05) is 11.4 Å². The number of thioether (sulfide) groups is 1. The summed E-state index contributed by atoms with van der Waals surface area (Å²) in [6.45, 7) is 0.276. The summed E-state index contributed by atoms with van der Waals surface area (Å²) in [5.74, 6) is 2.89. The monoisotopic (exact) mass is 428 g/mol. The molecule has 154 valence electrons. The zero-order valence-electron chi connectivity index (χ0n) is 16.9. The minimum absolute atomic E-state index is 0.276. The number of rotatable bonds is 8. The van der Waals surface area contributed by atoms with Crippen LogP contribution in [0.25, 0.3) is 5.69 Å². The van der Waals surface area contributed by atoms with Crippen molar-refractivity contribution in [2.75, 3.05) is 7.11 Å². The first-order chi connectivity index (χ1) is 15.3. The number of aromatic nitrogens is 3. The van der Waals surface area contributed by atoms with Gasteiger partial charge in [-0.25, -0.2) is 0 Å². The minimum atomic E-state index is 0.276. The molecule has 1 aromatic heterocycles. The average molecular weight is 429 g/mol. The zero-order valence-corrected chi connectivity index (χ0v) is 17.7. The summed E-state index contributed by atoms with van der Waals surface area (Å²) >= 11 is 1.57. The van der Waals surface area contributed by atoms with Crippen molar-refractivity contribution < 1.29 is 9.47 Å². The molecule has 0 aliphatic heterocycles. The highest BCUT2D eigenvalue weighted by atomic mass is 32.2. The summed E-state index contributed by atoms with van der Waals surface area (Å²) in [5.41, 5.74) is 2.67. The van der Waals surface area contributed by atoms with E-state index < -0.39 is 0 Å². The number of nitrogens with zero attached hydrogens (tertiary/aromatic N) is 4. The van der Waals surface area contributed by atoms with Gasteiger partial charge in [-0.05, 0) is 54.1 Å². The molecule has 0 saturated carbocycles. The van der Waals surface area contributed by atoms with Crippen LogP contribution in [-0.2, 0) is 12.4 Å². The molecular weight excluding hydrogens is 408 g/mol. The van der Waals surface area contributed by atoms with Gasteiger partial charge in [0.25, 0.3) is 0 Å². The van der Waals surface area contributed by atoms with E-state index in [2.05, 4.69) is 16.3 Å². The van der Waals surface area contributed by atoms with Crippen molar-refractivity contribution in [2.24, 2.45) is 0 Å². The van der Waals surface area contributed by atoms with Crippen molar-refractivity contribution >= 4 is 11.8 Å². The van der Waals surface area contributed by atoms with Crippen molar-refractivity contribution in [3.63, 3.8) is 0 Å². The molecule has 0 spiro atoms. The lowest BCUT2D eigenvalue weighted by Gasteiger charge is -2.11. The van der Waals surface area contributed by atoms with Gasteiger partial charge in [0.2, 0.25) is 0 Å². The summed E-state index contributed by atoms with van der Waals surface area (Å²) in [5, 5.41) is 18.7. The highest BCUT2D eigenvalue weighted by molar-refractivity contribution is 7.98. The van der Waals surface area contributed by atoms with Crippen molar-refractivity contribution in [3.8, 4) is 23.3 Å². The third-order valence-corrected chi connectivity index (χ3v) is 5.57. The van der Waals surface area contributed by atoms with E-state index in [-0.39, 0.29) is 6.61 Å². The molecule has 0 aliphatic carbocycles. The molecule has 4 aromatic rings. The van der Waals surface area contributed by atoms with Crippen LogP contribution in [0.2, 0.25) is 0 Å². The Hall–Kier alpha value is -3.76. The SMILES string of the molecule is COc1ccc(OCc2nnc(SCc3cccc(C#N)c3)n2-c2ccccc2)cc1. The summed E-state index contributed by atoms with van der Waals surface area (Å²) in [6.07, 6.45) is 0. The molecule has 0 aliphatic rings. The second-order valence-corrected chi connectivity index (χ2v) is 7.58. The Morgan fingerprint density at radius 2 is 1.71 bits per heavy atom. The molecule has 0 radical (unpaired) electrons. The number of benzene rings is 3. The van der Waals surface area contributed by atoms with E-state index in [9.17, 15) is 0 Å². The summed E-state index contributed by atoms with van der Waals surface area (Å²) in [4.78, 5) is 0. The van der Waals surface area contributed by atoms with Crippen LogP contribution in [0.4, 0.5) is 0 Å². The van der Waals surface area contributed by atoms with Gasteiger partial charge in [-0.15, -0.1) is 10.2 Å². The molecule has 0 saturated heterocycles. The fourth-order valence-corrected chi connectivity index (χ4v) is 3.94. The third kappa shape index (κ3) is 5.05. The fraction of sp³-hybridized carbons (Fsp3) is 0.125. The first-order valence-corrected chi connectivity index (χ1v) is 10.6. The Balaban J connectivity index is 1.55. The molecule has 0 bridgehead atoms. The minimum Gasteiger partial charge on any atom is -0.497 e. The van der Waals surface area contributed by atoms with Crippen LogP contribution in [0.1, 0.15) is 17.0 Å². The molecule has 4 rings (SSSR count). The van der Waals surface area contributed by atoms with Gasteiger partial charge in [0.15, 0.2) is 11.0 Å². The maximum absolute atomic E-state index is 9.12. The van der Waals surface area contributed by atoms with Crippen LogP contribution in [-0.4, -0.2) is 21.9 Å². The number of methoxy groups -OCH3 is 1. The second-order valence-electron chi connectivity index (χ2n) is 6.63. The lowest BCUT2D eigenvalue weighted by atomic mass is 10.2. The van der Waals surface area contributed by atoms with Crippen LogP contribution < -0.4 is 9.47 Å². The number of ether oxygens (including phenoxy) is 2. The lowest BCUT2D eigenvalue weighted by Crippen LogP contribution is -2.06. The Labute approximate surface area is 185 Å². The van der Waals surface area contributed by atoms with E-state index >= 15 is 0 Å². The Kier molecular flexibility index (Phi) is 6.50. The van der Waals surface area contributed by atoms with Crippen LogP contribution >= 0.6 is 11.8 Å². The highest BCUT2D eigenvalue weighted by Gasteiger charge is 2.15. The molecule has 0 unspecified atom stereocenters. The number of hydrogen-bond acceptors (Lipinski definition) is 6. The maximum Gasteiger partial charge on any atom is 0.196 e. The zero-order chi connectivity index (χ0) is 21.5. The topological polar surface area (TPSA) is 73.0 Å². The Bertz CT molecular complexity index is 1180. The molecule has 3 aromatic carbocycles. The standard InChI is InChI=1S/C24H20N4O2S/c1-29-21-10-12-22(13-11-21)30-16-23-26-27-24(28(23)20-8-3-2-4-9-20)31-17-19-7-5-6-18(14-19)15-25/h2-14H,16-17H2,1H3. The Morgan fingerprint density at radius 3 is 2.45 bits per heavy atom. The highest BCUT2D eigenvalue weighted by Crippen LogP contribution is 2.26. The molecular formula is C24H20N4O2S. The number of nitriles is 1. The summed E-state index contributed by atoms with van der Waals surface area (Å²) in [7, 11) is 1.63. The van der Waals surface area contributed by atoms with E-state index in [0.717, 1.165) is 27.9 Å². The molecule has 31 heavy (non-hydrogen) atoms. The molecule has 0 fully saturated rings. The molecule has 1 heterocycles. The summed E-state index contributed by atoms with van der Waals surface area (Å²) < 4.78 is 13.1. The third-order valence-electron chi connectivity index (χ3n) is 4.57. The molecule has 0 N–H and O–H groups in total. The van der Waals surface area contributed by atoms with Gasteiger partial charge in [-0.1, -0.05) is 42.1 Å². The van der Waals surface area contributed by atoms with Crippen molar-refractivity contribution in [2.45, 2.75) is 17.5 Å². The largest absolute Gasteiger partial charge is 0.497 e. The first-order valence-electron chi connectivity index (χ1n) is 9.65. The van der Waals surface area contributed by atoms with Crippen LogP contribution in [0.15, 0.2) is 84.0 Å². The molecule has 6 nitrogen and oxygen atoms in total. The predicted molar refractivity (Wildman–Crippen MR) is 119 cm³/mol. The molecule has 7 heteroatoms. The van der Waals surface area contributed by atoms with Gasteiger partial charge >= 0.3 is 0 Å². The van der Waals surface area contributed by atoms with Crippen molar-refractivity contribution in [1.82, 2.24) is 14.8 Å². The first kappa shape index (κ1) is 20.5. The van der Waals surface area contributed by atoms with Gasteiger partial charge in [-0.2, -0.15) is 5.26 Å². The number of para-hydroxylation sites is 1. The molecule has 0 atom stereocenters. The lowest BCUT2D eigenvalue weighted by molar-refractivity contribution is 0.292. The summed E-state index contributed by atoms with van der Waals surface area (Å²) in [6, 6.07) is 27.2. The normalized spacial score (nSPS) is 10.5. The van der Waals surface area contributed by atoms with E-state index in [1.165, 1.54) is 0 Å². The average Bonchev–Trinajstić information content (AvgIpc) is 3.25. The van der Waals surface area contributed by atoms with E-state index in [0.29, 0.717) is 17.1 Å². The van der Waals surface area contributed by atoms with E-state index in [4.69, 9.17) is 14.7 Å². The quantitative estimate of drug-likeness (QED) is 0.367. The van der Waals surface area contributed by atoms with Gasteiger partial charge in [0.1, 0.15) is 18.1 Å². The van der Waals surface area contributed by atoms with Crippen LogP contribution in [0, 0.1) is 11.3 Å². The van der Waals surface area contributed by atoms with Crippen molar-refractivity contribution in [3.05, 3.63) is 95.8 Å².